The molecule has 0 aliphatic heterocycles. The van der Waals surface area contributed by atoms with Crippen LogP contribution < -0.4 is 5.73 Å². The molecule has 124 valence electrons. The van der Waals surface area contributed by atoms with Gasteiger partial charge in [-0.15, -0.1) is 0 Å². The van der Waals surface area contributed by atoms with Crippen LogP contribution in [0.5, 0.6) is 0 Å². The van der Waals surface area contributed by atoms with Gasteiger partial charge in [0.25, 0.3) is 0 Å². The van der Waals surface area contributed by atoms with E-state index in [2.05, 4.69) is 16.0 Å². The number of rotatable bonds is 3. The summed E-state index contributed by atoms with van der Waals surface area (Å²) in [7, 11) is 0. The minimum Gasteiger partial charge on any atom is -0.368 e. The Kier molecular flexibility index (Phi) is 4.00. The number of pyridine rings is 1. The Bertz CT molecular complexity index is 1130. The molecular weight excluding hydrogens is 322 g/mol. The molecule has 0 atom stereocenters. The summed E-state index contributed by atoms with van der Waals surface area (Å²) in [6.07, 6.45) is 0.624. The molecule has 0 bridgehead atoms. The van der Waals surface area contributed by atoms with Crippen molar-refractivity contribution in [3.8, 4) is 17.3 Å². The lowest BCUT2D eigenvalue weighted by atomic mass is 10.1. The predicted molar refractivity (Wildman–Crippen MR) is 101 cm³/mol. The van der Waals surface area contributed by atoms with Crippen LogP contribution in [0.15, 0.2) is 66.7 Å². The fourth-order valence-electron chi connectivity index (χ4n) is 2.92. The van der Waals surface area contributed by atoms with E-state index in [1.54, 1.807) is 6.07 Å². The summed E-state index contributed by atoms with van der Waals surface area (Å²) in [5.41, 5.74) is 11.5. The number of nitrogen functional groups attached to an aromatic ring is 1. The Labute approximate surface area is 150 Å². The average Bonchev–Trinajstić information content (AvgIpc) is 2.68. The predicted octanol–water partition coefficient (Wildman–Crippen LogP) is 3.74. The lowest BCUT2D eigenvalue weighted by molar-refractivity contribution is 1.06. The Morgan fingerprint density at radius 2 is 1.73 bits per heavy atom. The molecule has 0 aliphatic rings. The Balaban J connectivity index is 1.85. The zero-order valence-corrected chi connectivity index (χ0v) is 13.9. The quantitative estimate of drug-likeness (QED) is 0.615. The number of nitrogens with two attached hydrogens (primary N) is 1. The molecule has 2 heterocycles. The van der Waals surface area contributed by atoms with Crippen LogP contribution in [0.2, 0.25) is 0 Å². The summed E-state index contributed by atoms with van der Waals surface area (Å²) < 4.78 is 0. The fourth-order valence-corrected chi connectivity index (χ4v) is 2.92. The molecule has 26 heavy (non-hydrogen) atoms. The summed E-state index contributed by atoms with van der Waals surface area (Å²) in [4.78, 5) is 13.5. The molecule has 2 aromatic heterocycles. The lowest BCUT2D eigenvalue weighted by Gasteiger charge is -2.08. The average molecular weight is 337 g/mol. The summed E-state index contributed by atoms with van der Waals surface area (Å²) >= 11 is 0. The highest BCUT2D eigenvalue weighted by molar-refractivity contribution is 5.81. The van der Waals surface area contributed by atoms with Gasteiger partial charge in [-0.1, -0.05) is 42.5 Å². The highest BCUT2D eigenvalue weighted by Gasteiger charge is 2.11. The van der Waals surface area contributed by atoms with Crippen molar-refractivity contribution >= 4 is 17.0 Å². The number of aromatic nitrogens is 3. The van der Waals surface area contributed by atoms with Gasteiger partial charge in [0.1, 0.15) is 5.52 Å². The van der Waals surface area contributed by atoms with Crippen LogP contribution in [-0.2, 0) is 6.42 Å². The Morgan fingerprint density at radius 3 is 2.54 bits per heavy atom. The number of hydrogen-bond donors (Lipinski definition) is 1. The van der Waals surface area contributed by atoms with Gasteiger partial charge < -0.3 is 5.73 Å². The summed E-state index contributed by atoms with van der Waals surface area (Å²) in [6, 6.07) is 23.4. The third kappa shape index (κ3) is 3.08. The first-order valence-corrected chi connectivity index (χ1v) is 8.20. The molecule has 0 aliphatic carbocycles. The van der Waals surface area contributed by atoms with Gasteiger partial charge in [0.05, 0.1) is 28.5 Å². The number of hydrogen-bond acceptors (Lipinski definition) is 5. The first-order valence-electron chi connectivity index (χ1n) is 8.20. The Hall–Kier alpha value is -3.78. The normalized spacial score (nSPS) is 10.6. The largest absolute Gasteiger partial charge is 0.368 e. The standard InChI is InChI=1S/C21H15N5/c22-13-15-7-4-8-16(11-15)17-9-10-18-20(24-17)19(26-21(23)25-18)12-14-5-2-1-3-6-14/h1-11H,12H2,(H2,23,25,26). The first-order chi connectivity index (χ1) is 12.7. The maximum atomic E-state index is 9.12. The molecule has 5 heteroatoms. The summed E-state index contributed by atoms with van der Waals surface area (Å²) in [5, 5.41) is 9.12. The summed E-state index contributed by atoms with van der Waals surface area (Å²) in [6.45, 7) is 0. The van der Waals surface area contributed by atoms with Crippen LogP contribution in [-0.4, -0.2) is 15.0 Å². The smallest absolute Gasteiger partial charge is 0.220 e. The number of fused-ring (bicyclic) bond motifs is 1. The van der Waals surface area contributed by atoms with Crippen molar-refractivity contribution in [2.45, 2.75) is 6.42 Å². The van der Waals surface area contributed by atoms with E-state index in [0.29, 0.717) is 17.5 Å². The molecule has 2 N–H and O–H groups in total. The van der Waals surface area contributed by atoms with Crippen LogP contribution in [0.25, 0.3) is 22.3 Å². The van der Waals surface area contributed by atoms with E-state index in [4.69, 9.17) is 16.0 Å². The maximum absolute atomic E-state index is 9.12. The van der Waals surface area contributed by atoms with Gasteiger partial charge >= 0.3 is 0 Å². The molecule has 4 aromatic rings. The molecule has 2 aromatic carbocycles. The van der Waals surface area contributed by atoms with Crippen molar-refractivity contribution in [3.05, 3.63) is 83.6 Å². The van der Waals surface area contributed by atoms with Gasteiger partial charge in [0, 0.05) is 12.0 Å². The molecule has 0 radical (unpaired) electrons. The molecule has 0 fully saturated rings. The topological polar surface area (TPSA) is 88.5 Å². The molecule has 0 saturated heterocycles. The van der Waals surface area contributed by atoms with E-state index in [9.17, 15) is 0 Å². The number of anilines is 1. The van der Waals surface area contributed by atoms with Gasteiger partial charge in [-0.3, -0.25) is 0 Å². The van der Waals surface area contributed by atoms with Gasteiger partial charge in [0.2, 0.25) is 5.95 Å². The van der Waals surface area contributed by atoms with E-state index < -0.39 is 0 Å². The van der Waals surface area contributed by atoms with Crippen molar-refractivity contribution in [2.24, 2.45) is 0 Å². The van der Waals surface area contributed by atoms with Crippen LogP contribution in [0, 0.1) is 11.3 Å². The zero-order chi connectivity index (χ0) is 17.9. The second-order valence-corrected chi connectivity index (χ2v) is 5.95. The number of nitriles is 1. The molecule has 0 saturated carbocycles. The van der Waals surface area contributed by atoms with Gasteiger partial charge in [-0.25, -0.2) is 15.0 Å². The van der Waals surface area contributed by atoms with Gasteiger partial charge in [-0.2, -0.15) is 5.26 Å². The van der Waals surface area contributed by atoms with Crippen LogP contribution in [0.4, 0.5) is 5.95 Å². The van der Waals surface area contributed by atoms with Crippen molar-refractivity contribution in [3.63, 3.8) is 0 Å². The van der Waals surface area contributed by atoms with E-state index in [1.165, 1.54) is 0 Å². The van der Waals surface area contributed by atoms with Crippen molar-refractivity contribution in [2.75, 3.05) is 5.73 Å². The zero-order valence-electron chi connectivity index (χ0n) is 13.9. The van der Waals surface area contributed by atoms with Crippen LogP contribution in [0.1, 0.15) is 16.8 Å². The van der Waals surface area contributed by atoms with E-state index in [0.717, 1.165) is 28.0 Å². The third-order valence-corrected chi connectivity index (χ3v) is 4.13. The third-order valence-electron chi connectivity index (χ3n) is 4.13. The lowest BCUT2D eigenvalue weighted by Crippen LogP contribution is -2.03. The number of benzene rings is 2. The molecule has 0 spiro atoms. The SMILES string of the molecule is N#Cc1cccc(-c2ccc3nc(N)nc(Cc4ccccc4)c3n2)c1. The highest BCUT2D eigenvalue weighted by atomic mass is 15.0. The van der Waals surface area contributed by atoms with E-state index in [1.807, 2.05) is 60.7 Å². The molecule has 5 nitrogen and oxygen atoms in total. The van der Waals surface area contributed by atoms with Gasteiger partial charge in [0.15, 0.2) is 0 Å². The maximum Gasteiger partial charge on any atom is 0.220 e. The number of nitrogens with zero attached hydrogens (tertiary/aromatic N) is 4. The van der Waals surface area contributed by atoms with Crippen LogP contribution >= 0.6 is 0 Å². The van der Waals surface area contributed by atoms with Crippen molar-refractivity contribution < 1.29 is 0 Å². The van der Waals surface area contributed by atoms with Gasteiger partial charge in [-0.05, 0) is 29.8 Å². The second kappa shape index (κ2) is 6.61. The summed E-state index contributed by atoms with van der Waals surface area (Å²) in [5.74, 6) is 0.240. The molecule has 0 unspecified atom stereocenters. The molecule has 0 amide bonds. The van der Waals surface area contributed by atoms with E-state index >= 15 is 0 Å². The Morgan fingerprint density at radius 1 is 0.885 bits per heavy atom. The minimum atomic E-state index is 0.240. The fraction of sp³-hybridized carbons (Fsp3) is 0.0476. The van der Waals surface area contributed by atoms with Crippen LogP contribution in [0.3, 0.4) is 0 Å². The molecular formula is C21H15N5. The van der Waals surface area contributed by atoms with E-state index in [-0.39, 0.29) is 5.95 Å². The monoisotopic (exact) mass is 337 g/mol. The minimum absolute atomic E-state index is 0.240. The highest BCUT2D eigenvalue weighted by Crippen LogP contribution is 2.24. The second-order valence-electron chi connectivity index (χ2n) is 5.95. The van der Waals surface area contributed by atoms with Crippen molar-refractivity contribution in [1.82, 2.24) is 15.0 Å². The first kappa shape index (κ1) is 15.7. The molecule has 4 rings (SSSR count). The van der Waals surface area contributed by atoms with Crippen molar-refractivity contribution in [1.29, 1.82) is 5.26 Å².